The van der Waals surface area contributed by atoms with E-state index in [-0.39, 0.29) is 0 Å². The molecule has 0 unspecified atom stereocenters. The van der Waals surface area contributed by atoms with Crippen molar-refractivity contribution in [2.45, 2.75) is 0 Å². The minimum absolute atomic E-state index is 0.470. The Kier molecular flexibility index (Phi) is 5.84. The van der Waals surface area contributed by atoms with Gasteiger partial charge < -0.3 is 4.74 Å². The molecule has 0 rings (SSSR count). The van der Waals surface area contributed by atoms with Crippen LogP contribution in [0.25, 0.3) is 0 Å². The van der Waals surface area contributed by atoms with Gasteiger partial charge in [-0.15, -0.1) is 0 Å². The normalized spacial score (nSPS) is 12.1. The molecule has 0 amide bonds. The molecule has 0 spiro atoms. The highest BCUT2D eigenvalue weighted by molar-refractivity contribution is 9.11. The van der Waals surface area contributed by atoms with Gasteiger partial charge in [-0.1, -0.05) is 18.7 Å². The van der Waals surface area contributed by atoms with E-state index >= 15 is 0 Å². The first-order valence-electron chi connectivity index (χ1n) is 3.04. The molecule has 62 valence electrons. The lowest BCUT2D eigenvalue weighted by molar-refractivity contribution is 0.306. The maximum Gasteiger partial charge on any atom is 0.132 e. The summed E-state index contributed by atoms with van der Waals surface area (Å²) in [5.74, 6) is 0.592. The summed E-state index contributed by atoms with van der Waals surface area (Å²) in [7, 11) is 1.53. The van der Waals surface area contributed by atoms with Crippen molar-refractivity contribution in [3.8, 4) is 0 Å². The van der Waals surface area contributed by atoms with Gasteiger partial charge in [0.25, 0.3) is 0 Å². The number of allylic oxidation sites excluding steroid dienone is 4. The molecule has 0 N–H and O–H groups in total. The van der Waals surface area contributed by atoms with E-state index in [2.05, 4.69) is 22.5 Å². The monoisotopic (exact) mass is 220 g/mol. The Labute approximate surface area is 74.4 Å². The summed E-state index contributed by atoms with van der Waals surface area (Å²) in [4.78, 5) is 0. The van der Waals surface area contributed by atoms with Gasteiger partial charge in [0.15, 0.2) is 0 Å². The Morgan fingerprint density at radius 2 is 2.36 bits per heavy atom. The molecule has 0 heterocycles. The number of alkyl halides is 1. The van der Waals surface area contributed by atoms with Crippen LogP contribution in [0.5, 0.6) is 0 Å². The second-order valence-electron chi connectivity index (χ2n) is 1.72. The standard InChI is InChI=1S/C8H10BrFO/c1-7(9)8(11-2)5-3-4-6-10/h3-5H,1,6H2,2H3/b4-3-,8-5+. The Hall–Kier alpha value is -0.570. The van der Waals surface area contributed by atoms with E-state index in [0.717, 1.165) is 0 Å². The van der Waals surface area contributed by atoms with E-state index in [1.165, 1.54) is 13.2 Å². The van der Waals surface area contributed by atoms with Crippen LogP contribution < -0.4 is 0 Å². The van der Waals surface area contributed by atoms with Crippen LogP contribution in [0.2, 0.25) is 0 Å². The van der Waals surface area contributed by atoms with Crippen LogP contribution in [-0.4, -0.2) is 13.8 Å². The van der Waals surface area contributed by atoms with Gasteiger partial charge in [-0.25, -0.2) is 4.39 Å². The number of rotatable bonds is 4. The van der Waals surface area contributed by atoms with Crippen molar-refractivity contribution in [1.29, 1.82) is 0 Å². The van der Waals surface area contributed by atoms with Crippen molar-refractivity contribution < 1.29 is 9.13 Å². The molecule has 0 aliphatic rings. The van der Waals surface area contributed by atoms with Crippen LogP contribution in [0.3, 0.4) is 0 Å². The van der Waals surface area contributed by atoms with Crippen molar-refractivity contribution in [1.82, 2.24) is 0 Å². The average Bonchev–Trinajstić information content (AvgIpc) is 1.97. The van der Waals surface area contributed by atoms with Crippen molar-refractivity contribution >= 4 is 15.9 Å². The second kappa shape index (κ2) is 6.16. The second-order valence-corrected chi connectivity index (χ2v) is 2.68. The third-order valence-corrected chi connectivity index (χ3v) is 1.35. The van der Waals surface area contributed by atoms with E-state index in [1.54, 1.807) is 12.2 Å². The van der Waals surface area contributed by atoms with Crippen LogP contribution in [0.4, 0.5) is 4.39 Å². The zero-order chi connectivity index (χ0) is 8.69. The predicted molar refractivity (Wildman–Crippen MR) is 48.3 cm³/mol. The summed E-state index contributed by atoms with van der Waals surface area (Å²) in [5, 5.41) is 0. The maximum absolute atomic E-state index is 11.6. The lowest BCUT2D eigenvalue weighted by atomic mass is 10.4. The fourth-order valence-corrected chi connectivity index (χ4v) is 0.770. The largest absolute Gasteiger partial charge is 0.496 e. The fourth-order valence-electron chi connectivity index (χ4n) is 0.476. The van der Waals surface area contributed by atoms with Crippen LogP contribution in [0.15, 0.2) is 35.0 Å². The van der Waals surface area contributed by atoms with Crippen molar-refractivity contribution in [2.24, 2.45) is 0 Å². The van der Waals surface area contributed by atoms with Gasteiger partial charge in [-0.05, 0) is 22.0 Å². The van der Waals surface area contributed by atoms with Gasteiger partial charge in [-0.3, -0.25) is 0 Å². The van der Waals surface area contributed by atoms with E-state index in [9.17, 15) is 4.39 Å². The molecule has 0 aromatic rings. The van der Waals surface area contributed by atoms with Gasteiger partial charge in [0, 0.05) is 0 Å². The molecule has 0 aromatic heterocycles. The summed E-state index contributed by atoms with van der Waals surface area (Å²) in [5.41, 5.74) is 0. The molecule has 0 saturated carbocycles. The van der Waals surface area contributed by atoms with Gasteiger partial charge >= 0.3 is 0 Å². The highest BCUT2D eigenvalue weighted by Gasteiger charge is 1.94. The van der Waals surface area contributed by atoms with Crippen LogP contribution in [-0.2, 0) is 4.74 Å². The first kappa shape index (κ1) is 10.4. The highest BCUT2D eigenvalue weighted by atomic mass is 79.9. The average molecular weight is 221 g/mol. The molecule has 0 aliphatic carbocycles. The van der Waals surface area contributed by atoms with Gasteiger partial charge in [0.1, 0.15) is 12.4 Å². The summed E-state index contributed by atoms with van der Waals surface area (Å²) >= 11 is 3.14. The molecule has 11 heavy (non-hydrogen) atoms. The third kappa shape index (κ3) is 4.79. The number of hydrogen-bond donors (Lipinski definition) is 0. The van der Waals surface area contributed by atoms with Gasteiger partial charge in [0.05, 0.1) is 11.6 Å². The third-order valence-electron chi connectivity index (χ3n) is 0.960. The van der Waals surface area contributed by atoms with Crippen molar-refractivity contribution in [3.05, 3.63) is 35.0 Å². The highest BCUT2D eigenvalue weighted by Crippen LogP contribution is 2.14. The minimum atomic E-state index is -0.470. The van der Waals surface area contributed by atoms with Crippen molar-refractivity contribution in [2.75, 3.05) is 13.8 Å². The number of hydrogen-bond acceptors (Lipinski definition) is 1. The molecule has 0 fully saturated rings. The molecule has 0 atom stereocenters. The molecule has 0 saturated heterocycles. The number of halogens is 2. The van der Waals surface area contributed by atoms with E-state index in [4.69, 9.17) is 4.74 Å². The summed E-state index contributed by atoms with van der Waals surface area (Å²) < 4.78 is 17.1. The van der Waals surface area contributed by atoms with Crippen LogP contribution in [0, 0.1) is 0 Å². The van der Waals surface area contributed by atoms with Gasteiger partial charge in [-0.2, -0.15) is 0 Å². The molecule has 1 nitrogen and oxygen atoms in total. The molecular weight excluding hydrogens is 211 g/mol. The van der Waals surface area contributed by atoms with Crippen molar-refractivity contribution in [3.63, 3.8) is 0 Å². The summed E-state index contributed by atoms with van der Waals surface area (Å²) in [6.07, 6.45) is 4.59. The Morgan fingerprint density at radius 1 is 1.73 bits per heavy atom. The SMILES string of the molecule is C=C(Br)/C(=C\C=C/CF)OC. The zero-order valence-corrected chi connectivity index (χ0v) is 7.90. The lowest BCUT2D eigenvalue weighted by Crippen LogP contribution is -1.83. The molecular formula is C8H10BrFO. The maximum atomic E-state index is 11.6. The van der Waals surface area contributed by atoms with Gasteiger partial charge in [0.2, 0.25) is 0 Å². The molecule has 3 heteroatoms. The number of methoxy groups -OCH3 is 1. The minimum Gasteiger partial charge on any atom is -0.496 e. The van der Waals surface area contributed by atoms with Crippen LogP contribution in [0.1, 0.15) is 0 Å². The Bertz CT molecular complexity index is 185. The fraction of sp³-hybridized carbons (Fsp3) is 0.250. The van der Waals surface area contributed by atoms with E-state index in [1.807, 2.05) is 0 Å². The first-order valence-corrected chi connectivity index (χ1v) is 3.83. The molecule has 0 aliphatic heterocycles. The zero-order valence-electron chi connectivity index (χ0n) is 6.31. The Balaban J connectivity index is 4.12. The van der Waals surface area contributed by atoms with Crippen LogP contribution >= 0.6 is 15.9 Å². The lowest BCUT2D eigenvalue weighted by Gasteiger charge is -2.00. The quantitative estimate of drug-likeness (QED) is 0.523. The molecule has 0 radical (unpaired) electrons. The predicted octanol–water partition coefficient (Wildman–Crippen LogP) is 2.95. The van der Waals surface area contributed by atoms with E-state index < -0.39 is 6.67 Å². The topological polar surface area (TPSA) is 9.23 Å². The van der Waals surface area contributed by atoms with E-state index in [0.29, 0.717) is 10.2 Å². The summed E-state index contributed by atoms with van der Waals surface area (Å²) in [6.45, 7) is 3.13. The molecule has 0 aromatic carbocycles. The first-order chi connectivity index (χ1) is 5.22. The smallest absolute Gasteiger partial charge is 0.132 e. The molecule has 0 bridgehead atoms. The Morgan fingerprint density at radius 3 is 2.73 bits per heavy atom. The number of ether oxygens (including phenoxy) is 1. The summed E-state index contributed by atoms with van der Waals surface area (Å²) in [6, 6.07) is 0.